The number of terminal acetylenes is 1. The number of halogens is 1. The number of piperazine rings is 1. The van der Waals surface area contributed by atoms with Crippen LogP contribution in [-0.2, 0) is 0 Å². The molecule has 210 valence electrons. The van der Waals surface area contributed by atoms with Crippen molar-refractivity contribution in [1.82, 2.24) is 25.1 Å². The fourth-order valence-electron chi connectivity index (χ4n) is 5.71. The molecule has 3 heterocycles. The summed E-state index contributed by atoms with van der Waals surface area (Å²) in [7, 11) is 0. The van der Waals surface area contributed by atoms with Gasteiger partial charge in [0.15, 0.2) is 22.5 Å². The Hall–Kier alpha value is -2.94. The minimum absolute atomic E-state index is 0.0139. The van der Waals surface area contributed by atoms with E-state index in [9.17, 15) is 9.90 Å². The molecule has 0 aliphatic carbocycles. The molecular weight excluding hydrogens is 518 g/mol. The van der Waals surface area contributed by atoms with Gasteiger partial charge in [0.05, 0.1) is 19.3 Å². The van der Waals surface area contributed by atoms with Gasteiger partial charge in [-0.2, -0.15) is 0 Å². The first kappa shape index (κ1) is 29.1. The number of aliphatic hydroxyl groups excluding tert-OH is 2. The van der Waals surface area contributed by atoms with Crippen LogP contribution in [0.5, 0.6) is 0 Å². The number of likely N-dealkylation sites (tertiary alicyclic amines) is 1. The van der Waals surface area contributed by atoms with Gasteiger partial charge in [-0.25, -0.2) is 9.97 Å². The quantitative estimate of drug-likeness (QED) is 0.340. The molecule has 5 N–H and O–H groups in total. The molecule has 0 saturated carbocycles. The Labute approximate surface area is 235 Å². The Balaban J connectivity index is 1.38. The molecular formula is C28H38ClN7O3. The number of nitrogen functional groups attached to an aromatic ring is 1. The molecule has 0 spiro atoms. The zero-order chi connectivity index (χ0) is 27.9. The molecule has 2 saturated heterocycles. The van der Waals surface area contributed by atoms with E-state index >= 15 is 0 Å². The van der Waals surface area contributed by atoms with Gasteiger partial charge in [-0.1, -0.05) is 36.6 Å². The summed E-state index contributed by atoms with van der Waals surface area (Å²) in [6.45, 7) is 6.32. The molecule has 10 nitrogen and oxygen atoms in total. The van der Waals surface area contributed by atoms with Gasteiger partial charge >= 0.3 is 0 Å². The lowest BCUT2D eigenvalue weighted by Crippen LogP contribution is -2.58. The van der Waals surface area contributed by atoms with Crippen LogP contribution < -0.4 is 16.0 Å². The number of benzene rings is 1. The highest BCUT2D eigenvalue weighted by molar-refractivity contribution is 6.32. The number of carbonyl (C=O) groups excluding carboxylic acids is 1. The van der Waals surface area contributed by atoms with Crippen molar-refractivity contribution in [3.8, 4) is 12.3 Å². The van der Waals surface area contributed by atoms with Crippen LogP contribution in [0.4, 0.5) is 11.6 Å². The maximum atomic E-state index is 12.3. The largest absolute Gasteiger partial charge is 0.395 e. The van der Waals surface area contributed by atoms with Crippen LogP contribution in [0, 0.1) is 12.3 Å². The van der Waals surface area contributed by atoms with Crippen molar-refractivity contribution < 1.29 is 15.0 Å². The summed E-state index contributed by atoms with van der Waals surface area (Å²) >= 11 is 6.47. The summed E-state index contributed by atoms with van der Waals surface area (Å²) in [5.41, 5.74) is 7.95. The maximum absolute atomic E-state index is 12.3. The van der Waals surface area contributed by atoms with E-state index in [1.165, 1.54) is 0 Å². The molecule has 2 aromatic rings. The van der Waals surface area contributed by atoms with Crippen LogP contribution in [-0.4, -0.2) is 100 Å². The average molecular weight is 556 g/mol. The third-order valence-electron chi connectivity index (χ3n) is 7.82. The molecule has 0 unspecified atom stereocenters. The van der Waals surface area contributed by atoms with Crippen molar-refractivity contribution in [2.24, 2.45) is 0 Å². The molecule has 11 heteroatoms. The van der Waals surface area contributed by atoms with E-state index in [0.29, 0.717) is 17.9 Å². The molecule has 2 aliphatic heterocycles. The van der Waals surface area contributed by atoms with Gasteiger partial charge in [0, 0.05) is 56.9 Å². The lowest BCUT2D eigenvalue weighted by molar-refractivity contribution is 0.0356. The lowest BCUT2D eigenvalue weighted by atomic mass is 9.95. The normalized spacial score (nSPS) is 20.0. The number of hydrogen-bond donors (Lipinski definition) is 4. The van der Waals surface area contributed by atoms with E-state index in [1.54, 1.807) is 0 Å². The van der Waals surface area contributed by atoms with Crippen molar-refractivity contribution in [1.29, 1.82) is 0 Å². The average Bonchev–Trinajstić information content (AvgIpc) is 2.97. The molecule has 2 atom stereocenters. The summed E-state index contributed by atoms with van der Waals surface area (Å²) < 4.78 is 0. The van der Waals surface area contributed by atoms with Gasteiger partial charge in [-0.3, -0.25) is 14.6 Å². The zero-order valence-corrected chi connectivity index (χ0v) is 23.1. The van der Waals surface area contributed by atoms with Crippen LogP contribution in [0.3, 0.4) is 0 Å². The molecule has 0 bridgehead atoms. The van der Waals surface area contributed by atoms with Crippen LogP contribution in [0.25, 0.3) is 0 Å². The van der Waals surface area contributed by atoms with Crippen molar-refractivity contribution in [2.45, 2.75) is 44.3 Å². The Morgan fingerprint density at radius 3 is 2.54 bits per heavy atom. The number of aliphatic hydroxyl groups is 2. The van der Waals surface area contributed by atoms with Crippen molar-refractivity contribution in [3.05, 3.63) is 46.2 Å². The van der Waals surface area contributed by atoms with Gasteiger partial charge < -0.3 is 26.2 Å². The summed E-state index contributed by atoms with van der Waals surface area (Å²) in [5.74, 6) is 2.63. The first-order valence-electron chi connectivity index (χ1n) is 13.5. The van der Waals surface area contributed by atoms with Crippen molar-refractivity contribution in [2.75, 3.05) is 63.1 Å². The van der Waals surface area contributed by atoms with Gasteiger partial charge in [-0.05, 0) is 37.0 Å². The van der Waals surface area contributed by atoms with Crippen LogP contribution in [0.2, 0.25) is 5.15 Å². The van der Waals surface area contributed by atoms with E-state index in [0.717, 1.165) is 63.1 Å². The molecule has 4 rings (SSSR count). The van der Waals surface area contributed by atoms with Crippen LogP contribution in [0.1, 0.15) is 53.8 Å². The van der Waals surface area contributed by atoms with Crippen LogP contribution >= 0.6 is 11.6 Å². The minimum Gasteiger partial charge on any atom is -0.395 e. The number of carbonyl (C=O) groups is 1. The molecule has 2 aliphatic rings. The van der Waals surface area contributed by atoms with Gasteiger partial charge in [0.1, 0.15) is 0 Å². The van der Waals surface area contributed by atoms with Crippen molar-refractivity contribution >= 4 is 29.1 Å². The highest BCUT2D eigenvalue weighted by Gasteiger charge is 2.35. The minimum atomic E-state index is -0.516. The maximum Gasteiger partial charge on any atom is 0.273 e. The predicted molar refractivity (Wildman–Crippen MR) is 153 cm³/mol. The zero-order valence-electron chi connectivity index (χ0n) is 22.4. The van der Waals surface area contributed by atoms with Gasteiger partial charge in [0.25, 0.3) is 5.91 Å². The molecule has 1 aromatic heterocycles. The van der Waals surface area contributed by atoms with Crippen LogP contribution in [0.15, 0.2) is 24.3 Å². The second kappa shape index (κ2) is 13.4. The van der Waals surface area contributed by atoms with Gasteiger partial charge in [-0.15, -0.1) is 6.42 Å². The van der Waals surface area contributed by atoms with E-state index in [-0.39, 0.29) is 42.5 Å². The SMILES string of the molecule is C#Cc1ccc([C@H](CO)N2CCC(N3CCN(c4nc(N)c(C(=O)NCCO)nc4Cl)C[C@@H]3CC)CC2)cc1. The van der Waals surface area contributed by atoms with Crippen molar-refractivity contribution in [3.63, 3.8) is 0 Å². The molecule has 2 fully saturated rings. The summed E-state index contributed by atoms with van der Waals surface area (Å²) in [6, 6.07) is 8.64. The first-order chi connectivity index (χ1) is 18.9. The summed E-state index contributed by atoms with van der Waals surface area (Å²) in [6.07, 6.45) is 8.52. The Morgan fingerprint density at radius 1 is 1.21 bits per heavy atom. The first-order valence-corrected chi connectivity index (χ1v) is 13.9. The van der Waals surface area contributed by atoms with E-state index in [1.807, 2.05) is 24.3 Å². The number of nitrogens with one attached hydrogen (secondary N) is 1. The second-order valence-corrected chi connectivity index (χ2v) is 10.4. The monoisotopic (exact) mass is 555 g/mol. The summed E-state index contributed by atoms with van der Waals surface area (Å²) in [4.78, 5) is 28.0. The number of hydrogen-bond acceptors (Lipinski definition) is 9. The van der Waals surface area contributed by atoms with E-state index in [2.05, 4.69) is 42.8 Å². The van der Waals surface area contributed by atoms with E-state index in [4.69, 9.17) is 28.9 Å². The number of nitrogens with zero attached hydrogens (tertiary/aromatic N) is 5. The Bertz CT molecular complexity index is 1160. The highest BCUT2D eigenvalue weighted by Crippen LogP contribution is 2.31. The third-order valence-corrected chi connectivity index (χ3v) is 8.07. The summed E-state index contributed by atoms with van der Waals surface area (Å²) in [5, 5.41) is 21.8. The third kappa shape index (κ3) is 6.62. The number of nitrogens with two attached hydrogens (primary N) is 1. The fraction of sp³-hybridized carbons (Fsp3) is 0.536. The van der Waals surface area contributed by atoms with Gasteiger partial charge in [0.2, 0.25) is 0 Å². The number of amides is 1. The Kier molecular flexibility index (Phi) is 9.99. The molecule has 1 amide bonds. The fourth-order valence-corrected chi connectivity index (χ4v) is 5.95. The van der Waals surface area contributed by atoms with E-state index < -0.39 is 5.91 Å². The number of anilines is 2. The smallest absolute Gasteiger partial charge is 0.273 e. The molecule has 39 heavy (non-hydrogen) atoms. The topological polar surface area (TPSA) is 131 Å². The Morgan fingerprint density at radius 2 is 1.92 bits per heavy atom. The lowest BCUT2D eigenvalue weighted by Gasteiger charge is -2.48. The molecule has 1 aromatic carbocycles. The number of aromatic nitrogens is 2. The number of rotatable bonds is 9. The molecule has 0 radical (unpaired) electrons. The number of piperidine rings is 1. The second-order valence-electron chi connectivity index (χ2n) is 10.0. The predicted octanol–water partition coefficient (Wildman–Crippen LogP) is 1.51. The standard InChI is InChI=1S/C28H38ClN7O3/c1-3-19-5-7-20(8-6-19)23(18-38)34-12-9-22(10-13-34)36-15-14-35(17-21(36)4-2)27-25(29)32-24(26(30)33-27)28(39)31-11-16-37/h1,5-8,21-23,37-38H,4,9-18H2,2H3,(H2,30,33)(H,31,39)/t21-,23-/m0/s1. The highest BCUT2D eigenvalue weighted by atomic mass is 35.5.